The lowest BCUT2D eigenvalue weighted by molar-refractivity contribution is 0.243. The highest BCUT2D eigenvalue weighted by molar-refractivity contribution is 4.97. The predicted molar refractivity (Wildman–Crippen MR) is 28.3 cm³/mol. The maximum Gasteiger partial charge on any atom is 0.119 e. The van der Waals surface area contributed by atoms with E-state index < -0.39 is 0 Å². The first kappa shape index (κ1) is 6.28. The van der Waals surface area contributed by atoms with E-state index >= 15 is 0 Å². The van der Waals surface area contributed by atoms with Crippen molar-refractivity contribution in [2.45, 2.75) is 6.92 Å². The molecule has 1 nitrogen and oxygen atoms in total. The molecule has 0 unspecified atom stereocenters. The van der Waals surface area contributed by atoms with Gasteiger partial charge in [0, 0.05) is 0 Å². The van der Waals surface area contributed by atoms with Gasteiger partial charge in [-0.25, -0.2) is 0 Å². The Labute approximate surface area is 44.3 Å². The summed E-state index contributed by atoms with van der Waals surface area (Å²) in [5.41, 5.74) is 0. The van der Waals surface area contributed by atoms with Gasteiger partial charge in [-0.05, 0) is 19.6 Å². The van der Waals surface area contributed by atoms with Crippen LogP contribution < -0.4 is 0 Å². The summed E-state index contributed by atoms with van der Waals surface area (Å²) in [5, 5.41) is 0. The largest absolute Gasteiger partial charge is 0.494 e. The van der Waals surface area contributed by atoms with E-state index in [-0.39, 0.29) is 5.76 Å². The summed E-state index contributed by atoms with van der Waals surface area (Å²) in [6.45, 7) is 12.5. The van der Waals surface area contributed by atoms with Crippen LogP contribution >= 0.6 is 0 Å². The molecule has 0 saturated carbocycles. The van der Waals surface area contributed by atoms with Crippen molar-refractivity contribution in [2.75, 3.05) is 6.61 Å². The van der Waals surface area contributed by atoms with Crippen LogP contribution in [0.5, 0.6) is 0 Å². The maximum absolute atomic E-state index is 5.10. The van der Waals surface area contributed by atoms with Gasteiger partial charge in [-0.1, -0.05) is 6.58 Å². The summed E-state index contributed by atoms with van der Waals surface area (Å²) < 4.78 is 4.70. The molecule has 0 aliphatic rings. The van der Waals surface area contributed by atoms with Gasteiger partial charge in [0.05, 0.1) is 6.61 Å². The van der Waals surface area contributed by atoms with Crippen molar-refractivity contribution in [2.24, 2.45) is 0 Å². The first-order chi connectivity index (χ1) is 3.31. The summed E-state index contributed by atoms with van der Waals surface area (Å²) >= 11 is 0. The molecule has 0 saturated heterocycles. The van der Waals surface area contributed by atoms with Gasteiger partial charge in [-0.15, -0.1) is 0 Å². The van der Waals surface area contributed by atoms with Crippen molar-refractivity contribution in [1.29, 1.82) is 0 Å². The summed E-state index contributed by atoms with van der Waals surface area (Å²) in [6.07, 6.45) is 1.23. The van der Waals surface area contributed by atoms with Crippen LogP contribution in [0.15, 0.2) is 11.8 Å². The van der Waals surface area contributed by atoms with E-state index in [0.717, 1.165) is 0 Å². The third-order valence-corrected chi connectivity index (χ3v) is 0.475. The lowest BCUT2D eigenvalue weighted by Crippen LogP contribution is -1.83. The Morgan fingerprint density at radius 2 is 2.43 bits per heavy atom. The Bertz CT molecular complexity index is 74.2. The SMILES string of the molecule is [CH]=CC(=[CH])OCC. The second kappa shape index (κ2) is 3.47. The van der Waals surface area contributed by atoms with Crippen LogP contribution in [0.1, 0.15) is 6.92 Å². The lowest BCUT2D eigenvalue weighted by Gasteiger charge is -1.96. The quantitative estimate of drug-likeness (QED) is 0.380. The van der Waals surface area contributed by atoms with Crippen LogP contribution in [0.2, 0.25) is 0 Å². The van der Waals surface area contributed by atoms with Gasteiger partial charge in [-0.3, -0.25) is 0 Å². The predicted octanol–water partition coefficient (Wildman–Crippen LogP) is 1.33. The standard InChI is InChI=1S/C6H8O/c1-4-6(3)7-5-2/h1,3-4H,5H2,2H3. The molecule has 0 aromatic carbocycles. The molecule has 0 amide bonds. The van der Waals surface area contributed by atoms with Gasteiger partial charge in [-0.2, -0.15) is 0 Å². The van der Waals surface area contributed by atoms with Crippen LogP contribution in [-0.4, -0.2) is 6.61 Å². The zero-order valence-corrected chi connectivity index (χ0v) is 4.35. The van der Waals surface area contributed by atoms with Crippen LogP contribution in [-0.2, 0) is 4.74 Å². The van der Waals surface area contributed by atoms with E-state index in [0.29, 0.717) is 6.61 Å². The van der Waals surface area contributed by atoms with Gasteiger partial charge >= 0.3 is 0 Å². The molecule has 0 aromatic heterocycles. The number of ether oxygens (including phenoxy) is 1. The highest BCUT2D eigenvalue weighted by atomic mass is 16.5. The second-order valence-corrected chi connectivity index (χ2v) is 1.00. The molecule has 0 N–H and O–H groups in total. The van der Waals surface area contributed by atoms with E-state index in [1.54, 1.807) is 0 Å². The van der Waals surface area contributed by atoms with E-state index in [4.69, 9.17) is 17.9 Å². The Balaban J connectivity index is 3.17. The molecule has 0 spiro atoms. The minimum absolute atomic E-state index is 0.280. The van der Waals surface area contributed by atoms with Crippen molar-refractivity contribution >= 4 is 0 Å². The molecule has 0 fully saturated rings. The van der Waals surface area contributed by atoms with E-state index in [1.165, 1.54) is 6.08 Å². The van der Waals surface area contributed by atoms with E-state index in [9.17, 15) is 0 Å². The molecular formula is C6H8O. The monoisotopic (exact) mass is 96.1 g/mol. The van der Waals surface area contributed by atoms with Gasteiger partial charge in [0.1, 0.15) is 5.76 Å². The average molecular weight is 96.1 g/mol. The second-order valence-electron chi connectivity index (χ2n) is 1.00. The molecule has 0 heterocycles. The fraction of sp³-hybridized carbons (Fsp3) is 0.333. The lowest BCUT2D eigenvalue weighted by atomic mass is 10.5. The van der Waals surface area contributed by atoms with Gasteiger partial charge in [0.2, 0.25) is 0 Å². The number of rotatable bonds is 3. The van der Waals surface area contributed by atoms with Crippen molar-refractivity contribution in [1.82, 2.24) is 0 Å². The maximum atomic E-state index is 5.10. The molecule has 1 heteroatoms. The molecule has 0 aliphatic carbocycles. The first-order valence-electron chi connectivity index (χ1n) is 2.11. The Kier molecular flexibility index (Phi) is 3.11. The van der Waals surface area contributed by atoms with Crippen molar-refractivity contribution in [3.05, 3.63) is 25.0 Å². The number of allylic oxidation sites excluding steroid dienone is 1. The summed E-state index contributed by atoms with van der Waals surface area (Å²) in [4.78, 5) is 0. The molecule has 0 bridgehead atoms. The molecule has 0 rings (SSSR count). The third-order valence-electron chi connectivity index (χ3n) is 0.475. The Morgan fingerprint density at radius 3 is 2.57 bits per heavy atom. The highest BCUT2D eigenvalue weighted by Crippen LogP contribution is 1.89. The molecule has 0 aliphatic heterocycles. The van der Waals surface area contributed by atoms with Gasteiger partial charge in [0.25, 0.3) is 0 Å². The van der Waals surface area contributed by atoms with Crippen molar-refractivity contribution in [3.63, 3.8) is 0 Å². The van der Waals surface area contributed by atoms with Crippen LogP contribution in [0.3, 0.4) is 0 Å². The number of hydrogen-bond donors (Lipinski definition) is 0. The Hall–Kier alpha value is -0.720. The molecule has 38 valence electrons. The molecule has 2 radical (unpaired) electrons. The molecular weight excluding hydrogens is 88.1 g/mol. The minimum Gasteiger partial charge on any atom is -0.494 e. The highest BCUT2D eigenvalue weighted by Gasteiger charge is 1.78. The average Bonchev–Trinajstić information content (AvgIpc) is 1.68. The Morgan fingerprint density at radius 1 is 1.86 bits per heavy atom. The van der Waals surface area contributed by atoms with E-state index in [1.807, 2.05) is 6.92 Å². The summed E-state index contributed by atoms with van der Waals surface area (Å²) in [6, 6.07) is 0. The normalized spacial score (nSPS) is 7.57. The molecule has 0 atom stereocenters. The van der Waals surface area contributed by atoms with Crippen molar-refractivity contribution in [3.8, 4) is 0 Å². The van der Waals surface area contributed by atoms with E-state index in [2.05, 4.69) is 0 Å². The number of hydrogen-bond acceptors (Lipinski definition) is 1. The third kappa shape index (κ3) is 3.10. The fourth-order valence-corrected chi connectivity index (χ4v) is 0.215. The zero-order chi connectivity index (χ0) is 5.70. The fourth-order valence-electron chi connectivity index (χ4n) is 0.215. The topological polar surface area (TPSA) is 9.23 Å². The van der Waals surface area contributed by atoms with Crippen LogP contribution in [0.4, 0.5) is 0 Å². The zero-order valence-electron chi connectivity index (χ0n) is 4.35. The van der Waals surface area contributed by atoms with Gasteiger partial charge < -0.3 is 4.74 Å². The van der Waals surface area contributed by atoms with Crippen molar-refractivity contribution < 1.29 is 4.74 Å². The van der Waals surface area contributed by atoms with Gasteiger partial charge in [0.15, 0.2) is 0 Å². The first-order valence-corrected chi connectivity index (χ1v) is 2.11. The summed E-state index contributed by atoms with van der Waals surface area (Å²) in [5.74, 6) is 0.280. The minimum atomic E-state index is 0.280. The van der Waals surface area contributed by atoms with Crippen LogP contribution in [0, 0.1) is 13.2 Å². The summed E-state index contributed by atoms with van der Waals surface area (Å²) in [7, 11) is 0. The smallest absolute Gasteiger partial charge is 0.119 e. The van der Waals surface area contributed by atoms with Crippen LogP contribution in [0.25, 0.3) is 0 Å². The molecule has 7 heavy (non-hydrogen) atoms. The molecule has 0 aromatic rings.